The normalized spacial score (nSPS) is 13.6. The lowest BCUT2D eigenvalue weighted by Crippen LogP contribution is -2.24. The number of nitro groups is 1. The van der Waals surface area contributed by atoms with Gasteiger partial charge in [-0.25, -0.2) is 4.39 Å². The fourth-order valence-electron chi connectivity index (χ4n) is 2.09. The Labute approximate surface area is 127 Å². The van der Waals surface area contributed by atoms with Crippen molar-refractivity contribution in [2.24, 2.45) is 0 Å². The minimum Gasteiger partial charge on any atom is -0.387 e. The molecular formula is C16H17FN2O3. The third-order valence-electron chi connectivity index (χ3n) is 3.48. The van der Waals surface area contributed by atoms with Crippen molar-refractivity contribution < 1.29 is 14.4 Å². The van der Waals surface area contributed by atoms with Gasteiger partial charge in [-0.2, -0.15) is 0 Å². The lowest BCUT2D eigenvalue weighted by atomic mass is 10.1. The molecule has 6 heteroatoms. The predicted molar refractivity (Wildman–Crippen MR) is 80.9 cm³/mol. The van der Waals surface area contributed by atoms with E-state index >= 15 is 0 Å². The summed E-state index contributed by atoms with van der Waals surface area (Å²) >= 11 is 0. The van der Waals surface area contributed by atoms with Crippen LogP contribution in [0.1, 0.15) is 30.2 Å². The van der Waals surface area contributed by atoms with Crippen LogP contribution in [0.15, 0.2) is 48.5 Å². The van der Waals surface area contributed by atoms with Crippen LogP contribution in [0.3, 0.4) is 0 Å². The van der Waals surface area contributed by atoms with E-state index in [1.807, 2.05) is 6.92 Å². The quantitative estimate of drug-likeness (QED) is 0.635. The molecular weight excluding hydrogens is 287 g/mol. The zero-order chi connectivity index (χ0) is 16.1. The molecule has 2 rings (SSSR count). The van der Waals surface area contributed by atoms with E-state index in [4.69, 9.17) is 0 Å². The predicted octanol–water partition coefficient (Wildman–Crippen LogP) is 3.12. The maximum Gasteiger partial charge on any atom is 0.269 e. The zero-order valence-corrected chi connectivity index (χ0v) is 12.1. The number of halogens is 1. The van der Waals surface area contributed by atoms with Crippen molar-refractivity contribution in [3.63, 3.8) is 0 Å². The molecule has 0 saturated carbocycles. The van der Waals surface area contributed by atoms with Crippen LogP contribution in [0.4, 0.5) is 10.1 Å². The Hall–Kier alpha value is -2.31. The van der Waals surface area contributed by atoms with Crippen LogP contribution < -0.4 is 5.32 Å². The van der Waals surface area contributed by atoms with E-state index in [0.717, 1.165) is 5.56 Å². The molecule has 2 atom stereocenters. The van der Waals surface area contributed by atoms with Gasteiger partial charge in [0.05, 0.1) is 11.0 Å². The Morgan fingerprint density at radius 2 is 1.68 bits per heavy atom. The molecule has 0 aliphatic rings. The fourth-order valence-corrected chi connectivity index (χ4v) is 2.09. The second-order valence-corrected chi connectivity index (χ2v) is 5.05. The van der Waals surface area contributed by atoms with Crippen molar-refractivity contribution in [3.05, 3.63) is 75.6 Å². The Balaban J connectivity index is 1.92. The summed E-state index contributed by atoms with van der Waals surface area (Å²) in [5.41, 5.74) is 1.56. The minimum absolute atomic E-state index is 0.0438. The monoisotopic (exact) mass is 304 g/mol. The van der Waals surface area contributed by atoms with Crippen LogP contribution in [-0.4, -0.2) is 16.6 Å². The van der Waals surface area contributed by atoms with Crippen molar-refractivity contribution >= 4 is 5.69 Å². The number of hydrogen-bond donors (Lipinski definition) is 2. The SMILES string of the molecule is CC(NCC(O)c1ccc(F)cc1)c1ccc([N+](=O)[O-])cc1. The number of rotatable bonds is 6. The summed E-state index contributed by atoms with van der Waals surface area (Å²) in [5.74, 6) is -0.344. The number of aliphatic hydroxyl groups is 1. The van der Waals surface area contributed by atoms with E-state index in [-0.39, 0.29) is 17.5 Å². The first-order valence-corrected chi connectivity index (χ1v) is 6.88. The number of aliphatic hydroxyl groups excluding tert-OH is 1. The molecule has 0 aliphatic heterocycles. The van der Waals surface area contributed by atoms with Gasteiger partial charge in [0.25, 0.3) is 5.69 Å². The van der Waals surface area contributed by atoms with Gasteiger partial charge in [-0.05, 0) is 30.2 Å². The van der Waals surface area contributed by atoms with Crippen LogP contribution in [0.5, 0.6) is 0 Å². The molecule has 0 spiro atoms. The van der Waals surface area contributed by atoms with Gasteiger partial charge in [0, 0.05) is 24.7 Å². The van der Waals surface area contributed by atoms with Crippen LogP contribution in [0, 0.1) is 15.9 Å². The lowest BCUT2D eigenvalue weighted by Gasteiger charge is -2.17. The number of nitrogens with zero attached hydrogens (tertiary/aromatic N) is 1. The number of nitrogens with one attached hydrogen (secondary N) is 1. The summed E-state index contributed by atoms with van der Waals surface area (Å²) in [6.07, 6.45) is -0.749. The van der Waals surface area contributed by atoms with Gasteiger partial charge in [-0.15, -0.1) is 0 Å². The number of benzene rings is 2. The molecule has 0 fully saturated rings. The highest BCUT2D eigenvalue weighted by atomic mass is 19.1. The average Bonchev–Trinajstić information content (AvgIpc) is 2.53. The third-order valence-corrected chi connectivity index (χ3v) is 3.48. The van der Waals surface area contributed by atoms with Crippen molar-refractivity contribution in [2.75, 3.05) is 6.54 Å². The highest BCUT2D eigenvalue weighted by Crippen LogP contribution is 2.19. The van der Waals surface area contributed by atoms with Gasteiger partial charge < -0.3 is 10.4 Å². The second-order valence-electron chi connectivity index (χ2n) is 5.05. The Kier molecular flexibility index (Phi) is 5.19. The van der Waals surface area contributed by atoms with Crippen molar-refractivity contribution in [3.8, 4) is 0 Å². The van der Waals surface area contributed by atoms with Crippen LogP contribution >= 0.6 is 0 Å². The van der Waals surface area contributed by atoms with Crippen LogP contribution in [-0.2, 0) is 0 Å². The molecule has 0 aromatic heterocycles. The molecule has 0 heterocycles. The number of hydrogen-bond acceptors (Lipinski definition) is 4. The van der Waals surface area contributed by atoms with Crippen molar-refractivity contribution in [2.45, 2.75) is 19.1 Å². The molecule has 2 unspecified atom stereocenters. The van der Waals surface area contributed by atoms with E-state index < -0.39 is 11.0 Å². The van der Waals surface area contributed by atoms with E-state index in [1.165, 1.54) is 36.4 Å². The van der Waals surface area contributed by atoms with Gasteiger partial charge in [0.2, 0.25) is 0 Å². The maximum absolute atomic E-state index is 12.8. The van der Waals surface area contributed by atoms with Gasteiger partial charge in [0.1, 0.15) is 5.82 Å². The highest BCUT2D eigenvalue weighted by molar-refractivity contribution is 5.34. The molecule has 22 heavy (non-hydrogen) atoms. The summed E-state index contributed by atoms with van der Waals surface area (Å²) in [7, 11) is 0. The van der Waals surface area contributed by atoms with Gasteiger partial charge in [-0.1, -0.05) is 24.3 Å². The molecule has 0 amide bonds. The van der Waals surface area contributed by atoms with Gasteiger partial charge in [0.15, 0.2) is 0 Å². The first-order chi connectivity index (χ1) is 10.5. The average molecular weight is 304 g/mol. The molecule has 0 bridgehead atoms. The van der Waals surface area contributed by atoms with Gasteiger partial charge >= 0.3 is 0 Å². The number of non-ortho nitro benzene ring substituents is 1. The Bertz CT molecular complexity index is 629. The van der Waals surface area contributed by atoms with Crippen molar-refractivity contribution in [1.82, 2.24) is 5.32 Å². The zero-order valence-electron chi connectivity index (χ0n) is 12.1. The van der Waals surface area contributed by atoms with Crippen LogP contribution in [0.2, 0.25) is 0 Å². The summed E-state index contributed by atoms with van der Waals surface area (Å²) in [6, 6.07) is 11.9. The summed E-state index contributed by atoms with van der Waals surface area (Å²) < 4.78 is 12.8. The Morgan fingerprint density at radius 3 is 2.23 bits per heavy atom. The largest absolute Gasteiger partial charge is 0.387 e. The van der Waals surface area contributed by atoms with Crippen LogP contribution in [0.25, 0.3) is 0 Å². The standard InChI is InChI=1S/C16H17FN2O3/c1-11(12-4-8-15(9-5-12)19(21)22)18-10-16(20)13-2-6-14(17)7-3-13/h2-9,11,16,18,20H,10H2,1H3. The molecule has 0 aliphatic carbocycles. The molecule has 116 valence electrons. The first-order valence-electron chi connectivity index (χ1n) is 6.88. The summed E-state index contributed by atoms with van der Waals surface area (Å²) in [5, 5.41) is 23.8. The topological polar surface area (TPSA) is 75.4 Å². The van der Waals surface area contributed by atoms with E-state index in [1.54, 1.807) is 12.1 Å². The maximum atomic E-state index is 12.8. The van der Waals surface area contributed by atoms with E-state index in [2.05, 4.69) is 5.32 Å². The van der Waals surface area contributed by atoms with Gasteiger partial charge in [-0.3, -0.25) is 10.1 Å². The minimum atomic E-state index is -0.749. The number of nitro benzene ring substituents is 1. The molecule has 2 aromatic rings. The summed E-state index contributed by atoms with van der Waals surface area (Å²) in [6.45, 7) is 2.20. The fraction of sp³-hybridized carbons (Fsp3) is 0.250. The van der Waals surface area contributed by atoms with E-state index in [0.29, 0.717) is 12.1 Å². The second kappa shape index (κ2) is 7.11. The molecule has 5 nitrogen and oxygen atoms in total. The smallest absolute Gasteiger partial charge is 0.269 e. The first kappa shape index (κ1) is 16.1. The highest BCUT2D eigenvalue weighted by Gasteiger charge is 2.12. The molecule has 2 aromatic carbocycles. The molecule has 0 radical (unpaired) electrons. The third kappa shape index (κ3) is 4.09. The molecule has 0 saturated heterocycles. The van der Waals surface area contributed by atoms with E-state index in [9.17, 15) is 19.6 Å². The Morgan fingerprint density at radius 1 is 1.14 bits per heavy atom. The van der Waals surface area contributed by atoms with Crippen molar-refractivity contribution in [1.29, 1.82) is 0 Å². The summed E-state index contributed by atoms with van der Waals surface area (Å²) in [4.78, 5) is 10.2. The lowest BCUT2D eigenvalue weighted by molar-refractivity contribution is -0.384. The molecule has 2 N–H and O–H groups in total.